The fraction of sp³-hybridized carbons (Fsp3) is 0.286. The van der Waals surface area contributed by atoms with Crippen molar-refractivity contribution in [2.45, 2.75) is 6.43 Å². The van der Waals surface area contributed by atoms with Crippen LogP contribution in [0.2, 0.25) is 5.02 Å². The molecule has 0 aliphatic carbocycles. The van der Waals surface area contributed by atoms with Crippen LogP contribution >= 0.6 is 11.6 Å². The van der Waals surface area contributed by atoms with Gasteiger partial charge >= 0.3 is 0 Å². The number of nitrogens with zero attached hydrogens (tertiary/aromatic N) is 1. The van der Waals surface area contributed by atoms with E-state index in [-0.39, 0.29) is 5.88 Å². The molecule has 0 spiro atoms. The highest BCUT2D eigenvalue weighted by molar-refractivity contribution is 6.33. The van der Waals surface area contributed by atoms with Crippen LogP contribution in [0.1, 0.15) is 12.0 Å². The highest BCUT2D eigenvalue weighted by Gasteiger charge is 2.18. The van der Waals surface area contributed by atoms with E-state index in [1.54, 1.807) is 0 Å². The second-order valence-corrected chi connectivity index (χ2v) is 2.56. The number of alkyl halides is 2. The molecule has 3 nitrogen and oxygen atoms in total. The summed E-state index contributed by atoms with van der Waals surface area (Å²) < 4.78 is 28.9. The molecule has 0 fully saturated rings. The summed E-state index contributed by atoms with van der Waals surface area (Å²) in [6.45, 7) is 0. The number of pyridine rings is 1. The van der Waals surface area contributed by atoms with E-state index in [4.69, 9.17) is 11.6 Å². The fourth-order valence-corrected chi connectivity index (χ4v) is 0.990. The molecule has 0 saturated carbocycles. The van der Waals surface area contributed by atoms with E-state index in [1.165, 1.54) is 7.11 Å². The third kappa shape index (κ3) is 1.80. The second-order valence-electron chi connectivity index (χ2n) is 2.19. The maximum absolute atomic E-state index is 12.2. The van der Waals surface area contributed by atoms with Gasteiger partial charge in [-0.15, -0.1) is 0 Å². The van der Waals surface area contributed by atoms with Crippen LogP contribution < -0.4 is 4.74 Å². The third-order valence-electron chi connectivity index (χ3n) is 1.41. The number of hydrogen-bond acceptors (Lipinski definition) is 3. The molecule has 0 atom stereocenters. The molecule has 0 radical (unpaired) electrons. The number of methoxy groups -OCH3 is 1. The summed E-state index contributed by atoms with van der Waals surface area (Å²) in [5.41, 5.74) is -0.514. The average Bonchev–Trinajstić information content (AvgIpc) is 2.09. The maximum Gasteiger partial charge on any atom is 0.266 e. The minimum Gasteiger partial charge on any atom is -0.502 e. The van der Waals surface area contributed by atoms with Gasteiger partial charge < -0.3 is 9.84 Å². The van der Waals surface area contributed by atoms with Gasteiger partial charge in [-0.1, -0.05) is 11.6 Å². The second kappa shape index (κ2) is 3.74. The molecule has 0 amide bonds. The summed E-state index contributed by atoms with van der Waals surface area (Å²) in [5, 5.41) is 8.75. The van der Waals surface area contributed by atoms with Crippen molar-refractivity contribution >= 4 is 11.6 Å². The van der Waals surface area contributed by atoms with Crippen molar-refractivity contribution in [1.29, 1.82) is 0 Å². The molecule has 0 saturated heterocycles. The zero-order chi connectivity index (χ0) is 10.0. The minimum atomic E-state index is -2.77. The quantitative estimate of drug-likeness (QED) is 0.813. The number of aromatic nitrogens is 1. The molecule has 6 heteroatoms. The molecule has 13 heavy (non-hydrogen) atoms. The molecule has 0 aromatic carbocycles. The lowest BCUT2D eigenvalue weighted by Crippen LogP contribution is -1.93. The first kappa shape index (κ1) is 9.98. The van der Waals surface area contributed by atoms with Crippen molar-refractivity contribution in [2.24, 2.45) is 0 Å². The van der Waals surface area contributed by atoms with Crippen LogP contribution in [0, 0.1) is 0 Å². The van der Waals surface area contributed by atoms with Gasteiger partial charge in [0.25, 0.3) is 12.3 Å². The number of hydrogen-bond donors (Lipinski definition) is 1. The lowest BCUT2D eigenvalue weighted by atomic mass is 10.3. The van der Waals surface area contributed by atoms with E-state index in [2.05, 4.69) is 9.72 Å². The van der Waals surface area contributed by atoms with Gasteiger partial charge in [0.15, 0.2) is 5.75 Å². The molecule has 0 unspecified atom stereocenters. The molecule has 72 valence electrons. The molecule has 1 aromatic rings. The van der Waals surface area contributed by atoms with Gasteiger partial charge in [0.05, 0.1) is 17.7 Å². The topological polar surface area (TPSA) is 42.4 Å². The maximum atomic E-state index is 12.2. The molecular formula is C7H6ClF2NO2. The normalized spacial score (nSPS) is 10.5. The number of ether oxygens (including phenoxy) is 1. The summed E-state index contributed by atoms with van der Waals surface area (Å²) in [6.07, 6.45) is -1.90. The summed E-state index contributed by atoms with van der Waals surface area (Å²) in [7, 11) is 1.25. The molecule has 0 aliphatic heterocycles. The molecule has 1 rings (SSSR count). The van der Waals surface area contributed by atoms with Crippen LogP contribution in [0.25, 0.3) is 0 Å². The zero-order valence-electron chi connectivity index (χ0n) is 6.59. The Morgan fingerprint density at radius 2 is 2.23 bits per heavy atom. The zero-order valence-corrected chi connectivity index (χ0v) is 7.35. The summed E-state index contributed by atoms with van der Waals surface area (Å²) in [4.78, 5) is 3.44. The van der Waals surface area contributed by atoms with Crippen LogP contribution in [-0.2, 0) is 0 Å². The molecular weight excluding hydrogens is 204 g/mol. The molecule has 0 bridgehead atoms. The summed E-state index contributed by atoms with van der Waals surface area (Å²) >= 11 is 5.42. The Hall–Kier alpha value is -1.10. The van der Waals surface area contributed by atoms with Gasteiger partial charge in [0.1, 0.15) is 0 Å². The standard InChI is InChI=1S/C7H6ClF2NO2/c1-13-7-5(12)4(8)3(2-11-7)6(9)10/h2,6,12H,1H3. The highest BCUT2D eigenvalue weighted by atomic mass is 35.5. The van der Waals surface area contributed by atoms with Crippen molar-refractivity contribution < 1.29 is 18.6 Å². The first-order valence-electron chi connectivity index (χ1n) is 3.27. The third-order valence-corrected chi connectivity index (χ3v) is 1.81. The first-order valence-corrected chi connectivity index (χ1v) is 3.65. The van der Waals surface area contributed by atoms with E-state index in [0.717, 1.165) is 6.20 Å². The number of aromatic hydroxyl groups is 1. The monoisotopic (exact) mass is 209 g/mol. The van der Waals surface area contributed by atoms with Crippen molar-refractivity contribution in [2.75, 3.05) is 7.11 Å². The Bertz CT molecular complexity index is 320. The van der Waals surface area contributed by atoms with Gasteiger partial charge in [-0.25, -0.2) is 13.8 Å². The molecule has 1 aromatic heterocycles. The van der Waals surface area contributed by atoms with E-state index in [1.807, 2.05) is 0 Å². The molecule has 1 N–H and O–H groups in total. The van der Waals surface area contributed by atoms with Crippen molar-refractivity contribution in [3.8, 4) is 11.6 Å². The molecule has 1 heterocycles. The van der Waals surface area contributed by atoms with Gasteiger partial charge in [-0.3, -0.25) is 0 Å². The Balaban J connectivity index is 3.23. The van der Waals surface area contributed by atoms with E-state index in [9.17, 15) is 13.9 Å². The Morgan fingerprint density at radius 3 is 2.69 bits per heavy atom. The van der Waals surface area contributed by atoms with Gasteiger partial charge in [-0.05, 0) is 0 Å². The van der Waals surface area contributed by atoms with Crippen LogP contribution in [0.5, 0.6) is 11.6 Å². The highest BCUT2D eigenvalue weighted by Crippen LogP contribution is 2.37. The van der Waals surface area contributed by atoms with Crippen LogP contribution in [0.3, 0.4) is 0 Å². The van der Waals surface area contributed by atoms with Crippen LogP contribution in [-0.4, -0.2) is 17.2 Å². The summed E-state index contributed by atoms with van der Waals surface area (Å²) in [5.74, 6) is -0.739. The van der Waals surface area contributed by atoms with Crippen LogP contribution in [0.4, 0.5) is 8.78 Å². The van der Waals surface area contributed by atoms with Gasteiger partial charge in [0, 0.05) is 6.20 Å². The van der Waals surface area contributed by atoms with E-state index in [0.29, 0.717) is 0 Å². The smallest absolute Gasteiger partial charge is 0.266 e. The Labute approximate surface area is 77.9 Å². The predicted octanol–water partition coefficient (Wildman–Crippen LogP) is 2.39. The number of rotatable bonds is 2. The van der Waals surface area contributed by atoms with Gasteiger partial charge in [0.2, 0.25) is 0 Å². The average molecular weight is 210 g/mol. The predicted molar refractivity (Wildman–Crippen MR) is 42.4 cm³/mol. The van der Waals surface area contributed by atoms with Crippen molar-refractivity contribution in [3.05, 3.63) is 16.8 Å². The van der Waals surface area contributed by atoms with Crippen molar-refractivity contribution in [3.63, 3.8) is 0 Å². The van der Waals surface area contributed by atoms with Crippen molar-refractivity contribution in [1.82, 2.24) is 4.98 Å². The SMILES string of the molecule is COc1ncc(C(F)F)c(Cl)c1O. The Morgan fingerprint density at radius 1 is 1.62 bits per heavy atom. The first-order chi connectivity index (χ1) is 6.07. The Kier molecular flexibility index (Phi) is 2.87. The fourth-order valence-electron chi connectivity index (χ4n) is 0.778. The lowest BCUT2D eigenvalue weighted by molar-refractivity contribution is 0.150. The van der Waals surface area contributed by atoms with Gasteiger partial charge in [-0.2, -0.15) is 0 Å². The van der Waals surface area contributed by atoms with E-state index >= 15 is 0 Å². The molecule has 0 aliphatic rings. The van der Waals surface area contributed by atoms with E-state index < -0.39 is 22.8 Å². The number of halogens is 3. The van der Waals surface area contributed by atoms with Crippen LogP contribution in [0.15, 0.2) is 6.20 Å². The lowest BCUT2D eigenvalue weighted by Gasteiger charge is -2.07. The largest absolute Gasteiger partial charge is 0.502 e. The summed E-state index contributed by atoms with van der Waals surface area (Å²) in [6, 6.07) is 0. The minimum absolute atomic E-state index is 0.172.